The van der Waals surface area contributed by atoms with Crippen molar-refractivity contribution in [1.82, 2.24) is 0 Å². The number of hydrogen-bond donors (Lipinski definition) is 2. The van der Waals surface area contributed by atoms with E-state index in [9.17, 15) is 0 Å². The first-order valence-corrected chi connectivity index (χ1v) is 11.1. The molecule has 0 radical (unpaired) electrons. The van der Waals surface area contributed by atoms with E-state index in [1.165, 1.54) is 22.3 Å². The summed E-state index contributed by atoms with van der Waals surface area (Å²) in [5, 5.41) is 17.7. The van der Waals surface area contributed by atoms with Crippen LogP contribution in [0.15, 0.2) is 93.9 Å². The molecule has 0 heterocycles. The van der Waals surface area contributed by atoms with E-state index < -0.39 is 0 Å². The Hall–Kier alpha value is -1.42. The van der Waals surface area contributed by atoms with Crippen LogP contribution in [0.2, 0.25) is 0 Å². The average Bonchev–Trinajstić information content (AvgIpc) is 3.29. The quantitative estimate of drug-likeness (QED) is 0.193. The molecule has 0 bridgehead atoms. The number of halogens is 2. The van der Waals surface area contributed by atoms with Crippen LogP contribution in [0.3, 0.4) is 0 Å². The molecule has 0 atom stereocenters. The van der Waals surface area contributed by atoms with Crippen LogP contribution in [-0.2, 0) is 26.2 Å². The van der Waals surface area contributed by atoms with Crippen molar-refractivity contribution in [3.05, 3.63) is 116 Å². The van der Waals surface area contributed by atoms with E-state index in [1.807, 2.05) is 12.1 Å². The zero-order valence-corrected chi connectivity index (χ0v) is 23.9. The van der Waals surface area contributed by atoms with E-state index in [0.717, 1.165) is 8.95 Å². The first kappa shape index (κ1) is 29.6. The Balaban J connectivity index is 0.000000384. The molecule has 0 unspecified atom stereocenters. The summed E-state index contributed by atoms with van der Waals surface area (Å²) in [7, 11) is 0. The van der Waals surface area contributed by atoms with Crippen molar-refractivity contribution < 1.29 is 36.4 Å². The van der Waals surface area contributed by atoms with Crippen molar-refractivity contribution in [2.75, 3.05) is 0 Å². The van der Waals surface area contributed by atoms with Crippen LogP contribution in [0.4, 0.5) is 0 Å². The number of para-hydroxylation sites is 2. The van der Waals surface area contributed by atoms with E-state index in [1.54, 1.807) is 36.4 Å². The molecule has 0 spiro atoms. The minimum Gasteiger partial charge on any atom is -0.507 e. The van der Waals surface area contributed by atoms with E-state index in [-0.39, 0.29) is 37.7 Å². The number of phenols is 2. The molecule has 0 saturated carbocycles. The molecule has 0 aromatic heterocycles. The van der Waals surface area contributed by atoms with Gasteiger partial charge in [-0.25, -0.2) is 24.3 Å². The molecule has 0 aliphatic rings. The number of benzene rings is 2. The van der Waals surface area contributed by atoms with E-state index in [0.29, 0.717) is 0 Å². The zero-order chi connectivity index (χ0) is 22.5. The average molecular weight is 624 g/mol. The van der Waals surface area contributed by atoms with Gasteiger partial charge in [-0.05, 0) is 56.1 Å². The Kier molecular flexibility index (Phi) is 15.5. The summed E-state index contributed by atoms with van der Waals surface area (Å²) in [6.45, 7) is 8.48. The third-order valence-corrected chi connectivity index (χ3v) is 5.67. The molecule has 2 nitrogen and oxygen atoms in total. The summed E-state index contributed by atoms with van der Waals surface area (Å²) in [6, 6.07) is 26.7. The fourth-order valence-corrected chi connectivity index (χ4v) is 2.67. The standard InChI is InChI=1S/2C7H9.2C6H5BrO.Zr/c2*1-6-4-3-5-7(6)2;2*7-5-3-1-2-4-6(5)8;/h2*3-5H,1-2H3;2*1-4,8H;/q2*-1;;;+2. The van der Waals surface area contributed by atoms with Gasteiger partial charge >= 0.3 is 26.2 Å². The Morgan fingerprint density at radius 2 is 0.903 bits per heavy atom. The topological polar surface area (TPSA) is 40.5 Å². The van der Waals surface area contributed by atoms with Crippen LogP contribution in [0.1, 0.15) is 22.3 Å². The maximum absolute atomic E-state index is 8.87. The van der Waals surface area contributed by atoms with Gasteiger partial charge in [-0.2, -0.15) is 34.4 Å². The number of rotatable bonds is 0. The van der Waals surface area contributed by atoms with Gasteiger partial charge in [0.05, 0.1) is 8.95 Å². The second-order valence-electron chi connectivity index (χ2n) is 6.69. The van der Waals surface area contributed by atoms with Crippen LogP contribution in [0.25, 0.3) is 0 Å². The minimum absolute atomic E-state index is 0. The molecule has 162 valence electrons. The fourth-order valence-electron chi connectivity index (χ4n) is 2.10. The van der Waals surface area contributed by atoms with Crippen molar-refractivity contribution in [2.45, 2.75) is 27.7 Å². The Morgan fingerprint density at radius 3 is 1.03 bits per heavy atom. The zero-order valence-electron chi connectivity index (χ0n) is 18.2. The largest absolute Gasteiger partial charge is 2.00 e. The number of hydrogen-bond acceptors (Lipinski definition) is 2. The van der Waals surface area contributed by atoms with Crippen molar-refractivity contribution in [2.24, 2.45) is 0 Å². The molecule has 31 heavy (non-hydrogen) atoms. The number of aromatic hydroxyl groups is 2. The van der Waals surface area contributed by atoms with Crippen molar-refractivity contribution in [3.8, 4) is 11.5 Å². The van der Waals surface area contributed by atoms with Gasteiger partial charge in [0.2, 0.25) is 0 Å². The van der Waals surface area contributed by atoms with Gasteiger partial charge in [0.1, 0.15) is 11.5 Å². The van der Waals surface area contributed by atoms with Crippen LogP contribution >= 0.6 is 31.9 Å². The fraction of sp³-hybridized carbons (Fsp3) is 0.154. The smallest absolute Gasteiger partial charge is 0.507 e. The van der Waals surface area contributed by atoms with Crippen molar-refractivity contribution in [3.63, 3.8) is 0 Å². The van der Waals surface area contributed by atoms with E-state index in [4.69, 9.17) is 10.2 Å². The van der Waals surface area contributed by atoms with Crippen LogP contribution in [0.5, 0.6) is 11.5 Å². The molecule has 0 fully saturated rings. The van der Waals surface area contributed by atoms with Gasteiger partial charge in [-0.3, -0.25) is 0 Å². The summed E-state index contributed by atoms with van der Waals surface area (Å²) in [5.74, 6) is 0.569. The number of aryl methyl sites for hydroxylation is 4. The molecule has 5 heteroatoms. The van der Waals surface area contributed by atoms with Crippen molar-refractivity contribution >= 4 is 31.9 Å². The molecular weight excluding hydrogens is 595 g/mol. The summed E-state index contributed by atoms with van der Waals surface area (Å²) in [5.41, 5.74) is 5.56. The normalized spacial score (nSPS) is 8.97. The van der Waals surface area contributed by atoms with Gasteiger partial charge < -0.3 is 10.2 Å². The molecule has 4 aromatic carbocycles. The van der Waals surface area contributed by atoms with Gasteiger partial charge in [-0.1, -0.05) is 52.0 Å². The third kappa shape index (κ3) is 12.3. The van der Waals surface area contributed by atoms with Crippen molar-refractivity contribution in [1.29, 1.82) is 0 Å². The van der Waals surface area contributed by atoms with E-state index >= 15 is 0 Å². The molecule has 0 saturated heterocycles. The van der Waals surface area contributed by atoms with Crippen LogP contribution in [-0.4, -0.2) is 10.2 Å². The monoisotopic (exact) mass is 620 g/mol. The first-order chi connectivity index (χ1) is 14.2. The predicted octanol–water partition coefficient (Wildman–Crippen LogP) is 8.35. The Bertz CT molecular complexity index is 849. The van der Waals surface area contributed by atoms with Gasteiger partial charge in [0, 0.05) is 0 Å². The van der Waals surface area contributed by atoms with Gasteiger partial charge in [0.15, 0.2) is 0 Å². The minimum atomic E-state index is 0. The van der Waals surface area contributed by atoms with Gasteiger partial charge in [0.25, 0.3) is 0 Å². The van der Waals surface area contributed by atoms with Gasteiger partial charge in [-0.15, -0.1) is 0 Å². The SMILES string of the molecule is Cc1ccc[c-]1C.Cc1ccc[c-]1C.Oc1ccccc1Br.Oc1ccccc1Br.[Zr+2]. The molecule has 0 aliphatic heterocycles. The van der Waals surface area contributed by atoms with E-state index in [2.05, 4.69) is 96.0 Å². The summed E-state index contributed by atoms with van der Waals surface area (Å²) in [4.78, 5) is 0. The Morgan fingerprint density at radius 1 is 0.581 bits per heavy atom. The Labute approximate surface area is 222 Å². The summed E-state index contributed by atoms with van der Waals surface area (Å²) >= 11 is 6.29. The van der Waals surface area contributed by atoms with Crippen LogP contribution in [0, 0.1) is 27.7 Å². The third-order valence-electron chi connectivity index (χ3n) is 4.33. The maximum atomic E-state index is 8.87. The summed E-state index contributed by atoms with van der Waals surface area (Å²) < 4.78 is 1.47. The van der Waals surface area contributed by atoms with Crippen LogP contribution < -0.4 is 0 Å². The first-order valence-electron chi connectivity index (χ1n) is 9.47. The maximum Gasteiger partial charge on any atom is 2.00 e. The summed E-state index contributed by atoms with van der Waals surface area (Å²) in [6.07, 6.45) is 0. The number of phenolic OH excluding ortho intramolecular Hbond substituents is 2. The molecule has 2 N–H and O–H groups in total. The molecule has 4 rings (SSSR count). The molecule has 0 aliphatic carbocycles. The molecule has 0 amide bonds. The molecule has 4 aromatic rings. The second-order valence-corrected chi connectivity index (χ2v) is 8.40. The second kappa shape index (κ2) is 16.2. The molecular formula is C26H28Br2O2Zr. The predicted molar refractivity (Wildman–Crippen MR) is 135 cm³/mol.